The van der Waals surface area contributed by atoms with Crippen molar-refractivity contribution >= 4 is 11.6 Å². The van der Waals surface area contributed by atoms with Gasteiger partial charge in [0.2, 0.25) is 0 Å². The van der Waals surface area contributed by atoms with Crippen LogP contribution in [0.3, 0.4) is 0 Å². The molecule has 1 N–H and O–H groups in total. The van der Waals surface area contributed by atoms with Gasteiger partial charge in [-0.15, -0.1) is 0 Å². The molecule has 1 saturated carbocycles. The lowest BCUT2D eigenvalue weighted by Crippen LogP contribution is -2.33. The van der Waals surface area contributed by atoms with Crippen molar-refractivity contribution in [1.82, 2.24) is 5.32 Å². The third kappa shape index (κ3) is 3.97. The fourth-order valence-corrected chi connectivity index (χ4v) is 3.73. The molecule has 19 heavy (non-hydrogen) atoms. The van der Waals surface area contributed by atoms with Gasteiger partial charge in [-0.25, -0.2) is 0 Å². The molecule has 0 aliphatic heterocycles. The molecule has 2 rings (SSSR count). The Morgan fingerprint density at radius 2 is 2.00 bits per heavy atom. The van der Waals surface area contributed by atoms with Crippen molar-refractivity contribution in [3.05, 3.63) is 34.9 Å². The molecule has 0 spiro atoms. The summed E-state index contributed by atoms with van der Waals surface area (Å²) < 4.78 is 0. The summed E-state index contributed by atoms with van der Waals surface area (Å²) in [5, 5.41) is 4.30. The molecular formula is C17H26ClN. The molecule has 0 bridgehead atoms. The van der Waals surface area contributed by atoms with Crippen molar-refractivity contribution in [3.8, 4) is 0 Å². The molecule has 1 nitrogen and oxygen atoms in total. The van der Waals surface area contributed by atoms with Gasteiger partial charge in [0.1, 0.15) is 0 Å². The lowest BCUT2D eigenvalue weighted by Gasteiger charge is -2.36. The van der Waals surface area contributed by atoms with Gasteiger partial charge in [0, 0.05) is 5.02 Å². The predicted molar refractivity (Wildman–Crippen MR) is 83.7 cm³/mol. The maximum atomic E-state index is 6.32. The Labute approximate surface area is 122 Å². The molecule has 0 aromatic heterocycles. The van der Waals surface area contributed by atoms with Gasteiger partial charge in [0.05, 0.1) is 0 Å². The summed E-state index contributed by atoms with van der Waals surface area (Å²) in [6, 6.07) is 8.33. The fourth-order valence-electron chi connectivity index (χ4n) is 3.52. The van der Waals surface area contributed by atoms with Crippen LogP contribution in [0.2, 0.25) is 5.02 Å². The first kappa shape index (κ1) is 14.9. The lowest BCUT2D eigenvalue weighted by atomic mass is 9.71. The minimum absolute atomic E-state index is 0.783. The van der Waals surface area contributed by atoms with E-state index in [9.17, 15) is 0 Å². The molecule has 1 aliphatic rings. The Morgan fingerprint density at radius 1 is 1.21 bits per heavy atom. The van der Waals surface area contributed by atoms with Crippen LogP contribution >= 0.6 is 11.6 Å². The van der Waals surface area contributed by atoms with E-state index in [1.807, 2.05) is 12.1 Å². The second-order valence-corrected chi connectivity index (χ2v) is 6.37. The molecule has 106 valence electrons. The molecule has 3 unspecified atom stereocenters. The van der Waals surface area contributed by atoms with Crippen molar-refractivity contribution in [3.63, 3.8) is 0 Å². The Hall–Kier alpha value is -0.530. The van der Waals surface area contributed by atoms with Gasteiger partial charge >= 0.3 is 0 Å². The van der Waals surface area contributed by atoms with E-state index < -0.39 is 0 Å². The average Bonchev–Trinajstić information content (AvgIpc) is 2.43. The topological polar surface area (TPSA) is 12.0 Å². The number of nitrogens with one attached hydrogen (secondary N) is 1. The number of benzene rings is 1. The van der Waals surface area contributed by atoms with Gasteiger partial charge in [0.25, 0.3) is 0 Å². The Bertz CT molecular complexity index is 391. The zero-order valence-corrected chi connectivity index (χ0v) is 12.9. The molecule has 3 atom stereocenters. The second-order valence-electron chi connectivity index (χ2n) is 5.96. The normalized spacial score (nSPS) is 27.4. The molecule has 0 amide bonds. The third-order valence-corrected chi connectivity index (χ3v) is 5.10. The molecule has 1 aromatic rings. The fraction of sp³-hybridized carbons (Fsp3) is 0.647. The summed E-state index contributed by atoms with van der Waals surface area (Å²) >= 11 is 6.32. The lowest BCUT2D eigenvalue weighted by molar-refractivity contribution is 0.173. The molecule has 0 radical (unpaired) electrons. The van der Waals surface area contributed by atoms with Crippen molar-refractivity contribution in [2.45, 2.75) is 39.0 Å². The summed E-state index contributed by atoms with van der Waals surface area (Å²) in [5.74, 6) is 2.51. The van der Waals surface area contributed by atoms with Crippen LogP contribution < -0.4 is 5.32 Å². The molecule has 1 aliphatic carbocycles. The summed E-state index contributed by atoms with van der Waals surface area (Å²) in [4.78, 5) is 0. The highest BCUT2D eigenvalue weighted by atomic mass is 35.5. The number of hydrogen-bond acceptors (Lipinski definition) is 1. The zero-order chi connectivity index (χ0) is 13.7. The van der Waals surface area contributed by atoms with Gasteiger partial charge in [-0.3, -0.25) is 0 Å². The molecule has 0 saturated heterocycles. The van der Waals surface area contributed by atoms with Crippen LogP contribution in [-0.4, -0.2) is 13.6 Å². The molecular weight excluding hydrogens is 254 g/mol. The maximum absolute atomic E-state index is 6.32. The highest BCUT2D eigenvalue weighted by Gasteiger charge is 2.29. The van der Waals surface area contributed by atoms with Crippen LogP contribution in [0, 0.1) is 17.8 Å². The smallest absolute Gasteiger partial charge is 0.0438 e. The standard InChI is InChI=1S/C17H26ClN/c1-3-13-8-9-15(12-19-2)16(10-13)11-14-6-4-5-7-17(14)18/h4-7,13,15-16,19H,3,8-12H2,1-2H3. The minimum atomic E-state index is 0.783. The van der Waals surface area contributed by atoms with Gasteiger partial charge < -0.3 is 5.32 Å². The SMILES string of the molecule is CCC1CCC(CNC)C(Cc2ccccc2Cl)C1. The first-order valence-electron chi connectivity index (χ1n) is 7.62. The highest BCUT2D eigenvalue weighted by Crippen LogP contribution is 2.38. The van der Waals surface area contributed by atoms with Crippen molar-refractivity contribution in [2.24, 2.45) is 17.8 Å². The maximum Gasteiger partial charge on any atom is 0.0438 e. The van der Waals surface area contributed by atoms with Crippen LogP contribution in [0.1, 0.15) is 38.2 Å². The summed E-state index contributed by atoms with van der Waals surface area (Å²) in [6.45, 7) is 3.47. The number of rotatable bonds is 5. The average molecular weight is 280 g/mol. The Balaban J connectivity index is 2.07. The van der Waals surface area contributed by atoms with E-state index in [1.54, 1.807) is 0 Å². The van der Waals surface area contributed by atoms with Crippen LogP contribution in [0.15, 0.2) is 24.3 Å². The first-order chi connectivity index (χ1) is 9.24. The quantitative estimate of drug-likeness (QED) is 0.834. The summed E-state index contributed by atoms with van der Waals surface area (Å²) in [5.41, 5.74) is 1.33. The van der Waals surface area contributed by atoms with Gasteiger partial charge in [-0.05, 0) is 62.2 Å². The van der Waals surface area contributed by atoms with Gasteiger partial charge in [-0.2, -0.15) is 0 Å². The molecule has 1 fully saturated rings. The molecule has 2 heteroatoms. The van der Waals surface area contributed by atoms with Crippen LogP contribution in [0.25, 0.3) is 0 Å². The van der Waals surface area contributed by atoms with E-state index in [1.165, 1.54) is 31.2 Å². The minimum Gasteiger partial charge on any atom is -0.319 e. The van der Waals surface area contributed by atoms with Crippen LogP contribution in [0.4, 0.5) is 0 Å². The summed E-state index contributed by atoms with van der Waals surface area (Å²) in [6.07, 6.45) is 6.61. The van der Waals surface area contributed by atoms with E-state index in [4.69, 9.17) is 11.6 Å². The number of halogens is 1. The highest BCUT2D eigenvalue weighted by molar-refractivity contribution is 6.31. The Kier molecular flexibility index (Phi) is 5.72. The van der Waals surface area contributed by atoms with Crippen LogP contribution in [-0.2, 0) is 6.42 Å². The monoisotopic (exact) mass is 279 g/mol. The van der Waals surface area contributed by atoms with E-state index in [-0.39, 0.29) is 0 Å². The van der Waals surface area contributed by atoms with Gasteiger partial charge in [-0.1, -0.05) is 49.6 Å². The zero-order valence-electron chi connectivity index (χ0n) is 12.2. The number of hydrogen-bond donors (Lipinski definition) is 1. The predicted octanol–water partition coefficient (Wildman–Crippen LogP) is 4.54. The largest absolute Gasteiger partial charge is 0.319 e. The molecule has 1 aromatic carbocycles. The van der Waals surface area contributed by atoms with Gasteiger partial charge in [0.15, 0.2) is 0 Å². The van der Waals surface area contributed by atoms with E-state index in [0.717, 1.165) is 35.7 Å². The van der Waals surface area contributed by atoms with E-state index in [0.29, 0.717) is 0 Å². The van der Waals surface area contributed by atoms with Crippen LogP contribution in [0.5, 0.6) is 0 Å². The van der Waals surface area contributed by atoms with E-state index >= 15 is 0 Å². The van der Waals surface area contributed by atoms with Crippen molar-refractivity contribution in [2.75, 3.05) is 13.6 Å². The van der Waals surface area contributed by atoms with Crippen molar-refractivity contribution in [1.29, 1.82) is 0 Å². The van der Waals surface area contributed by atoms with Crippen molar-refractivity contribution < 1.29 is 0 Å². The first-order valence-corrected chi connectivity index (χ1v) is 8.00. The second kappa shape index (κ2) is 7.31. The molecule has 0 heterocycles. The summed E-state index contributed by atoms with van der Waals surface area (Å²) in [7, 11) is 2.07. The Morgan fingerprint density at radius 3 is 2.68 bits per heavy atom. The van der Waals surface area contributed by atoms with E-state index in [2.05, 4.69) is 31.4 Å². The third-order valence-electron chi connectivity index (χ3n) is 4.73.